The van der Waals surface area contributed by atoms with Crippen LogP contribution in [0.3, 0.4) is 0 Å². The van der Waals surface area contributed by atoms with E-state index in [9.17, 15) is 0 Å². The van der Waals surface area contributed by atoms with Crippen molar-refractivity contribution in [1.29, 1.82) is 0 Å². The van der Waals surface area contributed by atoms with Gasteiger partial charge < -0.3 is 0 Å². The largest absolute Gasteiger partial charge is 0.147 e. The molecule has 0 nitrogen and oxygen atoms in total. The van der Waals surface area contributed by atoms with Crippen LogP contribution >= 0.6 is 24.8 Å². The summed E-state index contributed by atoms with van der Waals surface area (Å²) in [6.45, 7) is 10.3. The minimum Gasteiger partial charge on any atom is -0.147 e. The Morgan fingerprint density at radius 3 is 1.22 bits per heavy atom. The summed E-state index contributed by atoms with van der Waals surface area (Å²) in [4.78, 5) is 0. The van der Waals surface area contributed by atoms with Crippen molar-refractivity contribution in [3.05, 3.63) is 178 Å². The van der Waals surface area contributed by atoms with Crippen molar-refractivity contribution in [1.82, 2.24) is 0 Å². The summed E-state index contributed by atoms with van der Waals surface area (Å²) in [6, 6.07) is 50.4. The van der Waals surface area contributed by atoms with Crippen LogP contribution in [0.1, 0.15) is 54.6 Å². The molecule has 0 radical (unpaired) electrons. The average Bonchev–Trinajstić information content (AvgIpc) is 3.50. The molecule has 0 heterocycles. The van der Waals surface area contributed by atoms with Gasteiger partial charge in [-0.2, -0.15) is 0 Å². The van der Waals surface area contributed by atoms with Crippen molar-refractivity contribution in [3.8, 4) is 0 Å². The predicted octanol–water partition coefficient (Wildman–Crippen LogP) is 12.2. The molecule has 0 aliphatic heterocycles. The Morgan fingerprint density at radius 1 is 0.435 bits per heavy atom. The Labute approximate surface area is 293 Å². The zero-order chi connectivity index (χ0) is 29.9. The number of benzene rings is 6. The van der Waals surface area contributed by atoms with Gasteiger partial charge in [0.2, 0.25) is 0 Å². The van der Waals surface area contributed by atoms with Crippen molar-refractivity contribution >= 4 is 63.0 Å². The number of hydrogen-bond acceptors (Lipinski definition) is 0. The molecule has 0 N–H and O–H groups in total. The third kappa shape index (κ3) is 5.13. The Balaban J connectivity index is 0.00000186. The van der Waals surface area contributed by atoms with Crippen molar-refractivity contribution < 1.29 is 20.1 Å². The molecule has 0 saturated carbocycles. The van der Waals surface area contributed by atoms with Crippen molar-refractivity contribution in [2.75, 3.05) is 0 Å². The summed E-state index contributed by atoms with van der Waals surface area (Å²) in [6.07, 6.45) is 0. The second kappa shape index (κ2) is 13.2. The first-order valence-corrected chi connectivity index (χ1v) is 27.8. The SMILES string of the molecule is CC1=C(c2cccc3ccccc23)c2ccccc2[CH]1[Hf]([CH]1C(C)=C(c2cccc3ccccc23)c2ccccc21)=[Si](C)C.Cl.Cl. The maximum Gasteiger partial charge on any atom is -0.147 e. The summed E-state index contributed by atoms with van der Waals surface area (Å²) in [5.41, 5.74) is 14.7. The molecule has 0 aromatic heterocycles. The van der Waals surface area contributed by atoms with Gasteiger partial charge in [0.15, 0.2) is 0 Å². The van der Waals surface area contributed by atoms with Gasteiger partial charge in [-0.1, -0.05) is 0 Å². The van der Waals surface area contributed by atoms with Crippen molar-refractivity contribution in [2.45, 2.75) is 34.3 Å². The van der Waals surface area contributed by atoms with E-state index in [2.05, 4.69) is 160 Å². The molecule has 46 heavy (non-hydrogen) atoms. The minimum atomic E-state index is -2.52. The van der Waals surface area contributed by atoms with Crippen LogP contribution in [0.5, 0.6) is 0 Å². The summed E-state index contributed by atoms with van der Waals surface area (Å²) in [7, 11) is 0. The summed E-state index contributed by atoms with van der Waals surface area (Å²) < 4.78 is 1.18. The van der Waals surface area contributed by atoms with E-state index in [1.165, 1.54) is 54.9 Å². The van der Waals surface area contributed by atoms with E-state index in [1.54, 1.807) is 22.3 Å². The zero-order valence-electron chi connectivity index (χ0n) is 26.7. The quantitative estimate of drug-likeness (QED) is 0.155. The van der Waals surface area contributed by atoms with E-state index < -0.39 is 25.6 Å². The Bertz CT molecular complexity index is 2080. The number of allylic oxidation sites excluding steroid dienone is 2. The van der Waals surface area contributed by atoms with Crippen LogP contribution in [0.15, 0.2) is 145 Å². The number of rotatable bonds is 4. The molecule has 2 aliphatic rings. The van der Waals surface area contributed by atoms with Crippen LogP contribution in [0, 0.1) is 0 Å². The first-order valence-electron chi connectivity index (χ1n) is 15.8. The van der Waals surface area contributed by atoms with Gasteiger partial charge in [-0.3, -0.25) is 0 Å². The molecule has 0 fully saturated rings. The minimum absolute atomic E-state index is 0. The first-order chi connectivity index (χ1) is 21.5. The van der Waals surface area contributed by atoms with E-state index in [0.717, 1.165) is 0 Å². The molecule has 2 atom stereocenters. The maximum absolute atomic E-state index is 2.64. The van der Waals surface area contributed by atoms with Crippen LogP contribution in [0.4, 0.5) is 0 Å². The summed E-state index contributed by atoms with van der Waals surface area (Å²) in [5, 5.41) is 5.38. The fourth-order valence-corrected chi connectivity index (χ4v) is 37.8. The van der Waals surface area contributed by atoms with Crippen LogP contribution in [0.2, 0.25) is 13.1 Å². The van der Waals surface area contributed by atoms with E-state index in [0.29, 0.717) is 7.35 Å². The zero-order valence-corrected chi connectivity index (χ0v) is 32.9. The number of hydrogen-bond donors (Lipinski definition) is 0. The van der Waals surface area contributed by atoms with Crippen molar-refractivity contribution in [2.24, 2.45) is 0 Å². The normalized spacial score (nSPS) is 16.6. The average molecular weight is 820 g/mol. The van der Waals surface area contributed by atoms with Gasteiger partial charge in [-0.25, -0.2) is 0 Å². The van der Waals surface area contributed by atoms with E-state index in [1.807, 2.05) is 0 Å². The Kier molecular flexibility index (Phi) is 9.47. The summed E-state index contributed by atoms with van der Waals surface area (Å²) >= 11 is -2.52. The third-order valence-electron chi connectivity index (χ3n) is 10.1. The van der Waals surface area contributed by atoms with Crippen LogP contribution < -0.4 is 0 Å². The molecule has 0 amide bonds. The topological polar surface area (TPSA) is 0 Å². The van der Waals surface area contributed by atoms with Gasteiger partial charge in [0, 0.05) is 0 Å². The second-order valence-electron chi connectivity index (χ2n) is 12.7. The molecule has 6 aromatic rings. The van der Waals surface area contributed by atoms with Crippen LogP contribution in [0.25, 0.3) is 32.7 Å². The molecule has 228 valence electrons. The smallest absolute Gasteiger partial charge is 0.147 e. The maximum atomic E-state index is 2.64. The van der Waals surface area contributed by atoms with Gasteiger partial charge in [0.1, 0.15) is 0 Å². The number of halogens is 2. The predicted molar refractivity (Wildman–Crippen MR) is 202 cm³/mol. The fraction of sp³-hybridized carbons (Fsp3) is 0.143. The standard InChI is InChI=1S/2C20H15.C2H6Si.2ClH.Hf/c2*1-14-13-16-8-3-5-11-18(16)20(14)19-12-6-9-15-7-2-4-10-17(15)19;1-3-2;;;/h2*2-13H,1H3;1-2H3;2*1H;. The molecular weight excluding hydrogens is 782 g/mol. The molecule has 0 bridgehead atoms. The number of fused-ring (bicyclic) bond motifs is 4. The van der Waals surface area contributed by atoms with Crippen LogP contribution in [-0.2, 0) is 20.1 Å². The molecule has 2 unspecified atom stereocenters. The molecule has 0 spiro atoms. The molecular formula is C42H38Cl2HfSi. The van der Waals surface area contributed by atoms with E-state index in [-0.39, 0.29) is 24.8 Å². The van der Waals surface area contributed by atoms with E-state index >= 15 is 0 Å². The van der Waals surface area contributed by atoms with Crippen molar-refractivity contribution in [3.63, 3.8) is 0 Å². The molecule has 0 saturated heterocycles. The van der Waals surface area contributed by atoms with Gasteiger partial charge in [0.25, 0.3) is 0 Å². The second-order valence-corrected chi connectivity index (χ2v) is 37.6. The molecule has 8 rings (SSSR count). The van der Waals surface area contributed by atoms with Gasteiger partial charge in [-0.05, 0) is 0 Å². The first kappa shape index (κ1) is 32.9. The van der Waals surface area contributed by atoms with Gasteiger partial charge >= 0.3 is 271 Å². The van der Waals surface area contributed by atoms with Gasteiger partial charge in [-0.15, -0.1) is 24.8 Å². The van der Waals surface area contributed by atoms with Crippen LogP contribution in [-0.4, -0.2) is 5.49 Å². The van der Waals surface area contributed by atoms with E-state index in [4.69, 9.17) is 0 Å². The third-order valence-corrected chi connectivity index (χ3v) is 38.2. The molecule has 6 aromatic carbocycles. The molecule has 4 heteroatoms. The van der Waals surface area contributed by atoms with Gasteiger partial charge in [0.05, 0.1) is 0 Å². The summed E-state index contributed by atoms with van der Waals surface area (Å²) in [5.74, 6) is 0. The molecule has 2 aliphatic carbocycles. The Morgan fingerprint density at radius 2 is 0.783 bits per heavy atom. The monoisotopic (exact) mass is 820 g/mol. The fourth-order valence-electron chi connectivity index (χ4n) is 8.28. The Hall–Kier alpha value is -3.01.